The van der Waals surface area contributed by atoms with Crippen molar-refractivity contribution in [3.8, 4) is 23.0 Å². The molecule has 0 saturated heterocycles. The quantitative estimate of drug-likeness (QED) is 0.386. The highest BCUT2D eigenvalue weighted by molar-refractivity contribution is 14.1. The summed E-state index contributed by atoms with van der Waals surface area (Å²) in [5, 5.41) is 3.52. The second-order valence-corrected chi connectivity index (χ2v) is 8.53. The van der Waals surface area contributed by atoms with Crippen molar-refractivity contribution in [3.63, 3.8) is 0 Å². The van der Waals surface area contributed by atoms with Gasteiger partial charge in [-0.25, -0.2) is 0 Å². The predicted molar refractivity (Wildman–Crippen MR) is 136 cm³/mol. The number of fused-ring (bicyclic) bond motifs is 1. The number of halogens is 1. The molecule has 1 N–H and O–H groups in total. The van der Waals surface area contributed by atoms with Gasteiger partial charge in [-0.05, 0) is 78.0 Å². The van der Waals surface area contributed by atoms with E-state index in [4.69, 9.17) is 18.9 Å². The molecule has 1 aliphatic rings. The van der Waals surface area contributed by atoms with Gasteiger partial charge >= 0.3 is 0 Å². The summed E-state index contributed by atoms with van der Waals surface area (Å²) in [6.45, 7) is 2.50. The third-order valence-corrected chi connectivity index (χ3v) is 6.11. The maximum atomic E-state index is 13.8. The summed E-state index contributed by atoms with van der Waals surface area (Å²) in [6.07, 6.45) is -0.544. The van der Waals surface area contributed by atoms with Crippen LogP contribution in [0.1, 0.15) is 29.0 Å². The summed E-state index contributed by atoms with van der Waals surface area (Å²) in [5.74, 6) is 2.29. The minimum Gasteiger partial charge on any atom is -0.496 e. The highest BCUT2D eigenvalue weighted by Gasteiger charge is 2.36. The molecular formula is C25H25IN2O5. The summed E-state index contributed by atoms with van der Waals surface area (Å²) in [5.41, 5.74) is 2.82. The molecule has 0 aromatic heterocycles. The van der Waals surface area contributed by atoms with Crippen LogP contribution in [-0.2, 0) is 0 Å². The number of hydrogen-bond acceptors (Lipinski definition) is 6. The Hall–Kier alpha value is -3.14. The number of nitrogens with one attached hydrogen (secondary N) is 1. The SMILES string of the molecule is CCOc1ccc(N2C(=O)c3cc(I)ccc3NC2c2cc(OC)c(OC)cc2OC)cc1. The first-order valence-corrected chi connectivity index (χ1v) is 11.5. The molecule has 1 aliphatic heterocycles. The number of carbonyl (C=O) groups is 1. The molecule has 7 nitrogen and oxygen atoms in total. The second-order valence-electron chi connectivity index (χ2n) is 7.29. The second kappa shape index (κ2) is 9.78. The van der Waals surface area contributed by atoms with Crippen molar-refractivity contribution in [2.75, 3.05) is 38.2 Å². The Kier molecular flexibility index (Phi) is 6.83. The first kappa shape index (κ1) is 23.0. The summed E-state index contributed by atoms with van der Waals surface area (Å²) in [4.78, 5) is 15.5. The molecular weight excluding hydrogens is 535 g/mol. The number of benzene rings is 3. The monoisotopic (exact) mass is 560 g/mol. The van der Waals surface area contributed by atoms with Crippen LogP contribution in [0.2, 0.25) is 0 Å². The molecule has 0 fully saturated rings. The lowest BCUT2D eigenvalue weighted by Gasteiger charge is -2.39. The van der Waals surface area contributed by atoms with Crippen LogP contribution >= 0.6 is 22.6 Å². The van der Waals surface area contributed by atoms with Gasteiger partial charge in [0, 0.05) is 26.6 Å². The van der Waals surface area contributed by atoms with E-state index in [9.17, 15) is 4.79 Å². The number of methoxy groups -OCH3 is 3. The molecule has 0 bridgehead atoms. The molecule has 0 radical (unpaired) electrons. The summed E-state index contributed by atoms with van der Waals surface area (Å²) in [6, 6.07) is 16.8. The van der Waals surface area contributed by atoms with Crippen LogP contribution in [-0.4, -0.2) is 33.8 Å². The van der Waals surface area contributed by atoms with E-state index in [1.807, 2.05) is 55.5 Å². The van der Waals surface area contributed by atoms with Crippen molar-refractivity contribution in [3.05, 3.63) is 69.3 Å². The molecule has 4 rings (SSSR count). The van der Waals surface area contributed by atoms with E-state index >= 15 is 0 Å². The lowest BCUT2D eigenvalue weighted by molar-refractivity contribution is 0.0974. The zero-order chi connectivity index (χ0) is 23.5. The van der Waals surface area contributed by atoms with Crippen LogP contribution in [0.15, 0.2) is 54.6 Å². The smallest absolute Gasteiger partial charge is 0.262 e. The van der Waals surface area contributed by atoms with Gasteiger partial charge in [0.2, 0.25) is 0 Å². The average molecular weight is 560 g/mol. The number of ether oxygens (including phenoxy) is 4. The van der Waals surface area contributed by atoms with E-state index in [1.54, 1.807) is 32.3 Å². The average Bonchev–Trinajstić information content (AvgIpc) is 2.84. The fourth-order valence-electron chi connectivity index (χ4n) is 3.90. The summed E-state index contributed by atoms with van der Waals surface area (Å²) >= 11 is 2.21. The molecule has 33 heavy (non-hydrogen) atoms. The van der Waals surface area contributed by atoms with Gasteiger partial charge in [0.05, 0.1) is 33.5 Å². The zero-order valence-corrected chi connectivity index (χ0v) is 21.0. The minimum atomic E-state index is -0.544. The van der Waals surface area contributed by atoms with Gasteiger partial charge in [0.25, 0.3) is 5.91 Å². The van der Waals surface area contributed by atoms with Crippen LogP contribution in [0.5, 0.6) is 23.0 Å². The van der Waals surface area contributed by atoms with Gasteiger partial charge in [-0.15, -0.1) is 0 Å². The Morgan fingerprint density at radius 1 is 0.909 bits per heavy atom. The third kappa shape index (κ3) is 4.39. The van der Waals surface area contributed by atoms with Crippen LogP contribution < -0.4 is 29.2 Å². The van der Waals surface area contributed by atoms with Crippen LogP contribution in [0.3, 0.4) is 0 Å². The third-order valence-electron chi connectivity index (χ3n) is 5.44. The molecule has 1 atom stereocenters. The lowest BCUT2D eigenvalue weighted by atomic mass is 10.0. The van der Waals surface area contributed by atoms with Gasteiger partial charge in [0.15, 0.2) is 11.5 Å². The van der Waals surface area contributed by atoms with E-state index in [-0.39, 0.29) is 5.91 Å². The Morgan fingerprint density at radius 3 is 2.21 bits per heavy atom. The van der Waals surface area contributed by atoms with Crippen molar-refractivity contribution >= 4 is 39.9 Å². The number of anilines is 2. The first-order valence-electron chi connectivity index (χ1n) is 10.4. The highest BCUT2D eigenvalue weighted by atomic mass is 127. The van der Waals surface area contributed by atoms with E-state index < -0.39 is 6.17 Å². The standard InChI is InChI=1S/C25H25IN2O5/c1-5-33-17-9-7-16(8-10-17)28-24(27-20-11-6-15(26)12-18(20)25(28)29)19-13-22(31-3)23(32-4)14-21(19)30-2/h6-14,24,27H,5H2,1-4H3. The fourth-order valence-corrected chi connectivity index (χ4v) is 4.39. The predicted octanol–water partition coefficient (Wildman–Crippen LogP) is 5.49. The fraction of sp³-hybridized carbons (Fsp3) is 0.240. The highest BCUT2D eigenvalue weighted by Crippen LogP contribution is 2.44. The van der Waals surface area contributed by atoms with E-state index in [0.29, 0.717) is 29.4 Å². The largest absolute Gasteiger partial charge is 0.496 e. The molecule has 3 aromatic carbocycles. The Balaban J connectivity index is 1.89. The topological polar surface area (TPSA) is 69.3 Å². The van der Waals surface area contributed by atoms with Crippen molar-refractivity contribution in [2.24, 2.45) is 0 Å². The van der Waals surface area contributed by atoms with Gasteiger partial charge in [-0.2, -0.15) is 0 Å². The van der Waals surface area contributed by atoms with Crippen LogP contribution in [0.4, 0.5) is 11.4 Å². The molecule has 0 spiro atoms. The molecule has 1 heterocycles. The lowest BCUT2D eigenvalue weighted by Crippen LogP contribution is -2.43. The minimum absolute atomic E-state index is 0.117. The molecule has 3 aromatic rings. The first-order chi connectivity index (χ1) is 16.0. The van der Waals surface area contributed by atoms with E-state index in [1.165, 1.54) is 0 Å². The normalized spacial score (nSPS) is 14.9. The maximum absolute atomic E-state index is 13.8. The van der Waals surface area contributed by atoms with Gasteiger partial charge in [0.1, 0.15) is 17.7 Å². The van der Waals surface area contributed by atoms with E-state index in [0.717, 1.165) is 26.3 Å². The van der Waals surface area contributed by atoms with Crippen molar-refractivity contribution in [1.82, 2.24) is 0 Å². The molecule has 1 unspecified atom stereocenters. The van der Waals surface area contributed by atoms with Gasteiger partial charge in [-0.3, -0.25) is 9.69 Å². The van der Waals surface area contributed by atoms with Gasteiger partial charge < -0.3 is 24.3 Å². The Bertz CT molecular complexity index is 1170. The number of nitrogens with zero attached hydrogens (tertiary/aromatic N) is 1. The number of amides is 1. The van der Waals surface area contributed by atoms with Crippen LogP contribution in [0, 0.1) is 3.57 Å². The molecule has 172 valence electrons. The molecule has 0 saturated carbocycles. The number of rotatable bonds is 7. The maximum Gasteiger partial charge on any atom is 0.262 e. The molecule has 1 amide bonds. The van der Waals surface area contributed by atoms with E-state index in [2.05, 4.69) is 27.9 Å². The summed E-state index contributed by atoms with van der Waals surface area (Å²) in [7, 11) is 4.74. The Labute approximate surface area is 206 Å². The number of hydrogen-bond donors (Lipinski definition) is 1. The Morgan fingerprint density at radius 2 is 1.58 bits per heavy atom. The summed E-state index contributed by atoms with van der Waals surface area (Å²) < 4.78 is 23.2. The molecule has 0 aliphatic carbocycles. The number of carbonyl (C=O) groups excluding carboxylic acids is 1. The molecule has 8 heteroatoms. The van der Waals surface area contributed by atoms with Crippen molar-refractivity contribution in [2.45, 2.75) is 13.1 Å². The van der Waals surface area contributed by atoms with Crippen LogP contribution in [0.25, 0.3) is 0 Å². The van der Waals surface area contributed by atoms with Gasteiger partial charge in [-0.1, -0.05) is 0 Å². The van der Waals surface area contributed by atoms with Crippen molar-refractivity contribution in [1.29, 1.82) is 0 Å². The zero-order valence-electron chi connectivity index (χ0n) is 18.8. The van der Waals surface area contributed by atoms with Crippen molar-refractivity contribution < 1.29 is 23.7 Å².